The van der Waals surface area contributed by atoms with Gasteiger partial charge in [-0.1, -0.05) is 26.0 Å². The third kappa shape index (κ3) is 3.40. The van der Waals surface area contributed by atoms with Crippen LogP contribution in [0.3, 0.4) is 0 Å². The Labute approximate surface area is 165 Å². The van der Waals surface area contributed by atoms with Crippen molar-refractivity contribution in [2.45, 2.75) is 26.2 Å². The number of hydrogen-bond donors (Lipinski definition) is 2. The van der Waals surface area contributed by atoms with Crippen LogP contribution < -0.4 is 16.1 Å². The molecule has 0 radical (unpaired) electrons. The van der Waals surface area contributed by atoms with Crippen LogP contribution in [-0.4, -0.2) is 11.8 Å². The monoisotopic (exact) mass is 394 g/mol. The molecule has 1 aliphatic rings. The number of carbonyl (C=O) groups is 2. The fourth-order valence-electron chi connectivity index (χ4n) is 3.47. The van der Waals surface area contributed by atoms with Gasteiger partial charge in [-0.3, -0.25) is 14.4 Å². The highest BCUT2D eigenvalue weighted by molar-refractivity contribution is 5.98. The van der Waals surface area contributed by atoms with E-state index in [9.17, 15) is 18.8 Å². The maximum absolute atomic E-state index is 14.7. The average Bonchev–Trinajstić information content (AvgIpc) is 2.69. The van der Waals surface area contributed by atoms with Crippen molar-refractivity contribution in [1.82, 2.24) is 0 Å². The number of para-hydroxylation sites is 1. The molecular formula is C22H19FN2O4. The number of carbonyl (C=O) groups excluding carboxylic acids is 2. The Balaban J connectivity index is 1.82. The van der Waals surface area contributed by atoms with Gasteiger partial charge < -0.3 is 15.1 Å². The quantitative estimate of drug-likeness (QED) is 0.703. The molecule has 0 fully saturated rings. The molecule has 4 rings (SSSR count). The van der Waals surface area contributed by atoms with Crippen LogP contribution in [0.2, 0.25) is 0 Å². The molecule has 0 unspecified atom stereocenters. The molecule has 2 amide bonds. The summed E-state index contributed by atoms with van der Waals surface area (Å²) in [4.78, 5) is 37.2. The number of amides is 2. The lowest BCUT2D eigenvalue weighted by molar-refractivity contribution is -0.119. The van der Waals surface area contributed by atoms with Crippen LogP contribution >= 0.6 is 0 Å². The van der Waals surface area contributed by atoms with Crippen molar-refractivity contribution >= 4 is 34.2 Å². The number of rotatable bonds is 3. The predicted molar refractivity (Wildman–Crippen MR) is 107 cm³/mol. The Kier molecular flexibility index (Phi) is 4.66. The molecular weight excluding hydrogens is 375 g/mol. The van der Waals surface area contributed by atoms with Gasteiger partial charge in [0.25, 0.3) is 0 Å². The Bertz CT molecular complexity index is 1200. The number of fused-ring (bicyclic) bond motifs is 2. The summed E-state index contributed by atoms with van der Waals surface area (Å²) in [5.74, 6) is -2.25. The van der Waals surface area contributed by atoms with Gasteiger partial charge in [0.2, 0.25) is 11.8 Å². The standard InChI is InChI=1S/C22H19FN2O4/c1-11(2)22(28)25-18-9-17-14(7-16(18)23)13(8-20(26)24-17)15-10-29-19-6-4-3-5-12(19)21(15)27/h3-7,9-11,13H,8H2,1-2H3,(H,24,26)(H,25,28)/t13-/m0/s1. The summed E-state index contributed by atoms with van der Waals surface area (Å²) in [5, 5.41) is 5.62. The van der Waals surface area contributed by atoms with E-state index >= 15 is 0 Å². The zero-order valence-corrected chi connectivity index (χ0v) is 15.9. The van der Waals surface area contributed by atoms with Crippen molar-refractivity contribution in [3.05, 3.63) is 69.8 Å². The van der Waals surface area contributed by atoms with Crippen LogP contribution in [0.15, 0.2) is 51.9 Å². The average molecular weight is 394 g/mol. The minimum absolute atomic E-state index is 0.00671. The van der Waals surface area contributed by atoms with Crippen molar-refractivity contribution in [2.24, 2.45) is 5.92 Å². The Hall–Kier alpha value is -3.48. The van der Waals surface area contributed by atoms with Gasteiger partial charge in [0.1, 0.15) is 11.4 Å². The van der Waals surface area contributed by atoms with Crippen LogP contribution in [0, 0.1) is 11.7 Å². The van der Waals surface area contributed by atoms with Gasteiger partial charge in [0.05, 0.1) is 17.3 Å². The Morgan fingerprint density at radius 1 is 1.21 bits per heavy atom. The number of hydrogen-bond acceptors (Lipinski definition) is 4. The SMILES string of the molecule is CC(C)C(=O)Nc1cc2c(cc1F)[C@@H](c1coc3ccccc3c1=O)CC(=O)N2. The Morgan fingerprint density at radius 3 is 2.72 bits per heavy atom. The Morgan fingerprint density at radius 2 is 1.97 bits per heavy atom. The molecule has 0 saturated heterocycles. The van der Waals surface area contributed by atoms with E-state index in [4.69, 9.17) is 4.42 Å². The molecule has 3 aromatic rings. The zero-order chi connectivity index (χ0) is 20.7. The summed E-state index contributed by atoms with van der Waals surface area (Å²) in [5.41, 5.74) is 1.29. The van der Waals surface area contributed by atoms with Crippen molar-refractivity contribution in [1.29, 1.82) is 0 Å². The maximum Gasteiger partial charge on any atom is 0.227 e. The van der Waals surface area contributed by atoms with Gasteiger partial charge in [0, 0.05) is 29.5 Å². The molecule has 0 aliphatic carbocycles. The molecule has 1 aliphatic heterocycles. The maximum atomic E-state index is 14.7. The van der Waals surface area contributed by atoms with E-state index < -0.39 is 11.7 Å². The number of nitrogens with one attached hydrogen (secondary N) is 2. The third-order valence-corrected chi connectivity index (χ3v) is 5.04. The molecule has 0 saturated carbocycles. The molecule has 2 N–H and O–H groups in total. The molecule has 29 heavy (non-hydrogen) atoms. The summed E-state index contributed by atoms with van der Waals surface area (Å²) in [6, 6.07) is 9.47. The van der Waals surface area contributed by atoms with Gasteiger partial charge in [-0.05, 0) is 29.8 Å². The summed E-state index contributed by atoms with van der Waals surface area (Å²) in [7, 11) is 0. The number of halogens is 1. The highest BCUT2D eigenvalue weighted by Crippen LogP contribution is 2.39. The molecule has 2 aromatic carbocycles. The lowest BCUT2D eigenvalue weighted by atomic mass is 9.85. The van der Waals surface area contributed by atoms with Crippen LogP contribution in [0.4, 0.5) is 15.8 Å². The second-order valence-corrected chi connectivity index (χ2v) is 7.38. The number of anilines is 2. The van der Waals surface area contributed by atoms with E-state index in [-0.39, 0.29) is 40.8 Å². The molecule has 0 spiro atoms. The van der Waals surface area contributed by atoms with E-state index in [2.05, 4.69) is 10.6 Å². The lowest BCUT2D eigenvalue weighted by Gasteiger charge is -2.26. The molecule has 7 heteroatoms. The van der Waals surface area contributed by atoms with Gasteiger partial charge in [0.15, 0.2) is 5.43 Å². The minimum atomic E-state index is -0.649. The van der Waals surface area contributed by atoms with Crippen LogP contribution in [0.25, 0.3) is 11.0 Å². The second kappa shape index (κ2) is 7.16. The van der Waals surface area contributed by atoms with Gasteiger partial charge in [-0.2, -0.15) is 0 Å². The smallest absolute Gasteiger partial charge is 0.227 e. The summed E-state index contributed by atoms with van der Waals surface area (Å²) in [6.07, 6.45) is 1.33. The van der Waals surface area contributed by atoms with Gasteiger partial charge in [-0.25, -0.2) is 4.39 Å². The van der Waals surface area contributed by atoms with Gasteiger partial charge >= 0.3 is 0 Å². The van der Waals surface area contributed by atoms with Gasteiger partial charge in [-0.15, -0.1) is 0 Å². The topological polar surface area (TPSA) is 88.4 Å². The van der Waals surface area contributed by atoms with E-state index in [1.54, 1.807) is 38.1 Å². The fraction of sp³-hybridized carbons (Fsp3) is 0.227. The molecule has 2 heterocycles. The summed E-state index contributed by atoms with van der Waals surface area (Å²) in [6.45, 7) is 3.39. The first-order chi connectivity index (χ1) is 13.8. The summed E-state index contributed by atoms with van der Waals surface area (Å²) < 4.78 is 20.3. The normalized spacial score (nSPS) is 15.9. The van der Waals surface area contributed by atoms with Crippen LogP contribution in [0.1, 0.15) is 37.3 Å². The fourth-order valence-corrected chi connectivity index (χ4v) is 3.47. The molecule has 148 valence electrons. The van der Waals surface area contributed by atoms with Crippen molar-refractivity contribution < 1.29 is 18.4 Å². The second-order valence-electron chi connectivity index (χ2n) is 7.38. The van der Waals surface area contributed by atoms with E-state index in [0.717, 1.165) is 0 Å². The third-order valence-electron chi connectivity index (χ3n) is 5.04. The first-order valence-corrected chi connectivity index (χ1v) is 9.29. The molecule has 0 bridgehead atoms. The van der Waals surface area contributed by atoms with Crippen LogP contribution in [-0.2, 0) is 9.59 Å². The van der Waals surface area contributed by atoms with E-state index in [1.807, 2.05) is 0 Å². The molecule has 1 aromatic heterocycles. The summed E-state index contributed by atoms with van der Waals surface area (Å²) >= 11 is 0. The molecule has 1 atom stereocenters. The zero-order valence-electron chi connectivity index (χ0n) is 15.9. The first-order valence-electron chi connectivity index (χ1n) is 9.29. The molecule has 6 nitrogen and oxygen atoms in total. The lowest BCUT2D eigenvalue weighted by Crippen LogP contribution is -2.27. The van der Waals surface area contributed by atoms with Crippen molar-refractivity contribution in [3.8, 4) is 0 Å². The minimum Gasteiger partial charge on any atom is -0.464 e. The van der Waals surface area contributed by atoms with Crippen molar-refractivity contribution in [2.75, 3.05) is 10.6 Å². The number of benzene rings is 2. The van der Waals surface area contributed by atoms with E-state index in [1.165, 1.54) is 18.4 Å². The van der Waals surface area contributed by atoms with E-state index in [0.29, 0.717) is 22.2 Å². The van der Waals surface area contributed by atoms with Crippen molar-refractivity contribution in [3.63, 3.8) is 0 Å². The first kappa shape index (κ1) is 18.9. The van der Waals surface area contributed by atoms with Crippen LogP contribution in [0.5, 0.6) is 0 Å². The highest BCUT2D eigenvalue weighted by Gasteiger charge is 2.31. The highest BCUT2D eigenvalue weighted by atomic mass is 19.1. The largest absolute Gasteiger partial charge is 0.464 e. The predicted octanol–water partition coefficient (Wildman–Crippen LogP) is 4.00.